The van der Waals surface area contributed by atoms with Crippen molar-refractivity contribution in [2.75, 3.05) is 26.9 Å². The molecule has 218 valence electrons. The molecule has 2 heterocycles. The summed E-state index contributed by atoms with van der Waals surface area (Å²) in [7, 11) is 1.31. The summed E-state index contributed by atoms with van der Waals surface area (Å²) in [4.78, 5) is 27.5. The SMILES string of the molecule is COC(=O)C[C@]1(C)c2cc(Oc3ccc(Br)c(F)c3)c(OCC3CCCCO3)cc2CCN1C(=O)OC(C)(C)C. The number of rotatable bonds is 7. The van der Waals surface area contributed by atoms with E-state index in [0.717, 1.165) is 24.8 Å². The number of halogens is 2. The van der Waals surface area contributed by atoms with Crippen molar-refractivity contribution in [3.05, 3.63) is 51.7 Å². The third-order valence-electron chi connectivity index (χ3n) is 7.10. The molecule has 0 saturated carbocycles. The fourth-order valence-electron chi connectivity index (χ4n) is 5.07. The second-order valence-corrected chi connectivity index (χ2v) is 12.2. The molecule has 2 aromatic carbocycles. The summed E-state index contributed by atoms with van der Waals surface area (Å²) >= 11 is 3.17. The number of benzene rings is 2. The molecule has 8 nitrogen and oxygen atoms in total. The number of hydrogen-bond acceptors (Lipinski definition) is 7. The summed E-state index contributed by atoms with van der Waals surface area (Å²) in [6, 6.07) is 8.13. The highest BCUT2D eigenvalue weighted by Gasteiger charge is 2.45. The van der Waals surface area contributed by atoms with Gasteiger partial charge in [0.05, 0.1) is 29.6 Å². The lowest BCUT2D eigenvalue weighted by Gasteiger charge is -2.45. The van der Waals surface area contributed by atoms with Gasteiger partial charge < -0.3 is 23.7 Å². The van der Waals surface area contributed by atoms with Crippen molar-refractivity contribution >= 4 is 28.0 Å². The fraction of sp³-hybridized carbons (Fsp3) is 0.533. The first-order valence-electron chi connectivity index (χ1n) is 13.5. The Kier molecular flexibility index (Phi) is 9.29. The zero-order valence-electron chi connectivity index (χ0n) is 23.7. The fourth-order valence-corrected chi connectivity index (χ4v) is 5.32. The van der Waals surface area contributed by atoms with E-state index in [1.54, 1.807) is 43.9 Å². The molecule has 2 aliphatic rings. The maximum absolute atomic E-state index is 14.3. The zero-order valence-corrected chi connectivity index (χ0v) is 25.3. The van der Waals surface area contributed by atoms with Crippen LogP contribution in [0.15, 0.2) is 34.8 Å². The van der Waals surface area contributed by atoms with Crippen LogP contribution in [0.3, 0.4) is 0 Å². The van der Waals surface area contributed by atoms with Crippen LogP contribution in [0.25, 0.3) is 0 Å². The van der Waals surface area contributed by atoms with Crippen LogP contribution >= 0.6 is 15.9 Å². The minimum Gasteiger partial charge on any atom is -0.487 e. The van der Waals surface area contributed by atoms with Crippen LogP contribution < -0.4 is 9.47 Å². The predicted molar refractivity (Wildman–Crippen MR) is 150 cm³/mol. The Morgan fingerprint density at radius 3 is 2.60 bits per heavy atom. The number of fused-ring (bicyclic) bond motifs is 1. The quantitative estimate of drug-likeness (QED) is 0.311. The molecule has 0 aliphatic carbocycles. The number of esters is 1. The molecule has 0 aromatic heterocycles. The summed E-state index contributed by atoms with van der Waals surface area (Å²) in [5, 5.41) is 0. The van der Waals surface area contributed by atoms with Crippen LogP contribution in [0, 0.1) is 5.82 Å². The van der Waals surface area contributed by atoms with Crippen molar-refractivity contribution in [1.29, 1.82) is 0 Å². The normalized spacial score (nSPS) is 20.9. The second kappa shape index (κ2) is 12.3. The third-order valence-corrected chi connectivity index (χ3v) is 7.74. The Morgan fingerprint density at radius 1 is 1.18 bits per heavy atom. The van der Waals surface area contributed by atoms with E-state index in [1.807, 2.05) is 13.0 Å². The van der Waals surface area contributed by atoms with Crippen LogP contribution in [-0.2, 0) is 31.0 Å². The van der Waals surface area contributed by atoms with E-state index in [0.29, 0.717) is 47.7 Å². The molecule has 1 fully saturated rings. The topological polar surface area (TPSA) is 83.5 Å². The predicted octanol–water partition coefficient (Wildman–Crippen LogP) is 6.90. The largest absolute Gasteiger partial charge is 0.487 e. The van der Waals surface area contributed by atoms with Gasteiger partial charge in [0.15, 0.2) is 11.5 Å². The smallest absolute Gasteiger partial charge is 0.411 e. The van der Waals surface area contributed by atoms with Crippen molar-refractivity contribution in [3.63, 3.8) is 0 Å². The number of ether oxygens (including phenoxy) is 5. The molecular formula is C30H37BrFNO7. The van der Waals surface area contributed by atoms with E-state index >= 15 is 0 Å². The van der Waals surface area contributed by atoms with Gasteiger partial charge in [-0.15, -0.1) is 0 Å². The molecule has 0 radical (unpaired) electrons. The molecule has 1 saturated heterocycles. The number of methoxy groups -OCH3 is 1. The molecule has 1 unspecified atom stereocenters. The number of hydrogen-bond donors (Lipinski definition) is 0. The molecule has 0 spiro atoms. The lowest BCUT2D eigenvalue weighted by atomic mass is 9.79. The molecule has 40 heavy (non-hydrogen) atoms. The van der Waals surface area contributed by atoms with E-state index in [4.69, 9.17) is 23.7 Å². The maximum Gasteiger partial charge on any atom is 0.411 e. The van der Waals surface area contributed by atoms with Gasteiger partial charge in [-0.25, -0.2) is 9.18 Å². The Balaban J connectivity index is 1.76. The molecule has 0 bridgehead atoms. The van der Waals surface area contributed by atoms with Crippen molar-refractivity contribution in [2.24, 2.45) is 0 Å². The lowest BCUT2D eigenvalue weighted by Crippen LogP contribution is -2.54. The highest BCUT2D eigenvalue weighted by atomic mass is 79.9. The van der Waals surface area contributed by atoms with E-state index in [1.165, 1.54) is 13.2 Å². The van der Waals surface area contributed by atoms with E-state index in [2.05, 4.69) is 15.9 Å². The summed E-state index contributed by atoms with van der Waals surface area (Å²) in [5.41, 5.74) is -0.219. The summed E-state index contributed by atoms with van der Waals surface area (Å²) in [5.74, 6) is 0.131. The maximum atomic E-state index is 14.3. The zero-order chi connectivity index (χ0) is 29.1. The highest BCUT2D eigenvalue weighted by Crippen LogP contribution is 2.45. The van der Waals surface area contributed by atoms with Gasteiger partial charge in [-0.1, -0.05) is 0 Å². The van der Waals surface area contributed by atoms with Gasteiger partial charge in [-0.3, -0.25) is 9.69 Å². The average Bonchev–Trinajstić information content (AvgIpc) is 2.89. The lowest BCUT2D eigenvalue weighted by molar-refractivity contribution is -0.144. The van der Waals surface area contributed by atoms with Gasteiger partial charge in [0.1, 0.15) is 23.8 Å². The molecule has 10 heteroatoms. The van der Waals surface area contributed by atoms with Crippen LogP contribution in [0.4, 0.5) is 9.18 Å². The van der Waals surface area contributed by atoms with Crippen LogP contribution in [-0.4, -0.2) is 55.5 Å². The molecule has 2 aliphatic heterocycles. The summed E-state index contributed by atoms with van der Waals surface area (Å²) < 4.78 is 43.6. The van der Waals surface area contributed by atoms with Crippen molar-refractivity contribution in [3.8, 4) is 17.2 Å². The number of carbonyl (C=O) groups excluding carboxylic acids is 2. The molecule has 4 rings (SSSR count). The van der Waals surface area contributed by atoms with Crippen molar-refractivity contribution < 1.29 is 37.7 Å². The summed E-state index contributed by atoms with van der Waals surface area (Å²) in [6.07, 6.45) is 2.86. The summed E-state index contributed by atoms with van der Waals surface area (Å²) in [6.45, 7) is 8.57. The van der Waals surface area contributed by atoms with Gasteiger partial charge >= 0.3 is 12.1 Å². The van der Waals surface area contributed by atoms with Gasteiger partial charge in [0.2, 0.25) is 0 Å². The third kappa shape index (κ3) is 7.07. The van der Waals surface area contributed by atoms with E-state index in [9.17, 15) is 14.0 Å². The average molecular weight is 623 g/mol. The first kappa shape index (κ1) is 30.1. The van der Waals surface area contributed by atoms with E-state index < -0.39 is 29.0 Å². The minimum atomic E-state index is -1.10. The number of carbonyl (C=O) groups is 2. The molecule has 2 aromatic rings. The standard InChI is InChI=1S/C30H37BrFNO7/c1-29(2,3)40-28(35)33-12-11-19-14-25(38-18-21-8-6-7-13-37-21)26(39-20-9-10-23(31)24(32)15-20)16-22(19)30(33,4)17-27(34)36-5/h9-10,14-16,21H,6-8,11-13,17-18H2,1-5H3/t21?,30-/m1/s1. The van der Waals surface area contributed by atoms with Crippen molar-refractivity contribution in [1.82, 2.24) is 4.90 Å². The Bertz CT molecular complexity index is 1240. The first-order chi connectivity index (χ1) is 18.9. The highest BCUT2D eigenvalue weighted by molar-refractivity contribution is 9.10. The van der Waals surface area contributed by atoms with E-state index in [-0.39, 0.29) is 18.3 Å². The van der Waals surface area contributed by atoms with Crippen molar-refractivity contribution in [2.45, 2.75) is 77.0 Å². The molecule has 1 amide bonds. The van der Waals surface area contributed by atoms with Crippen LogP contribution in [0.2, 0.25) is 0 Å². The Hall–Kier alpha value is -2.85. The van der Waals surface area contributed by atoms with Crippen LogP contribution in [0.1, 0.15) is 64.5 Å². The minimum absolute atomic E-state index is 0.0324. The van der Waals surface area contributed by atoms with Gasteiger partial charge in [0.25, 0.3) is 0 Å². The molecule has 0 N–H and O–H groups in total. The van der Waals surface area contributed by atoms with Gasteiger partial charge in [-0.05, 0) is 105 Å². The monoisotopic (exact) mass is 621 g/mol. The van der Waals surface area contributed by atoms with Crippen LogP contribution in [0.5, 0.6) is 17.2 Å². The van der Waals surface area contributed by atoms with Gasteiger partial charge in [0, 0.05) is 19.2 Å². The Morgan fingerprint density at radius 2 is 1.95 bits per heavy atom. The molecule has 2 atom stereocenters. The molecular weight excluding hydrogens is 585 g/mol. The number of amides is 1. The first-order valence-corrected chi connectivity index (χ1v) is 14.3. The Labute approximate surface area is 243 Å². The van der Waals surface area contributed by atoms with Gasteiger partial charge in [-0.2, -0.15) is 0 Å². The number of nitrogens with zero attached hydrogens (tertiary/aromatic N) is 1. The second-order valence-electron chi connectivity index (χ2n) is 11.3.